The van der Waals surface area contributed by atoms with Gasteiger partial charge in [-0.1, -0.05) is 65.8 Å². The van der Waals surface area contributed by atoms with Crippen LogP contribution < -0.4 is 5.32 Å². The maximum absolute atomic E-state index is 12.4. The Kier molecular flexibility index (Phi) is 5.30. The maximum atomic E-state index is 12.4. The van der Waals surface area contributed by atoms with Crippen molar-refractivity contribution >= 4 is 22.4 Å². The van der Waals surface area contributed by atoms with Gasteiger partial charge in [0.2, 0.25) is 5.91 Å². The Morgan fingerprint density at radius 1 is 1.04 bits per heavy atom. The van der Waals surface area contributed by atoms with Gasteiger partial charge >= 0.3 is 0 Å². The van der Waals surface area contributed by atoms with Crippen molar-refractivity contribution in [1.82, 2.24) is 10.1 Å². The van der Waals surface area contributed by atoms with E-state index < -0.39 is 0 Å². The van der Waals surface area contributed by atoms with E-state index in [4.69, 9.17) is 4.52 Å². The van der Waals surface area contributed by atoms with E-state index in [0.717, 1.165) is 27.3 Å². The average molecular weight is 389 g/mol. The zero-order valence-corrected chi connectivity index (χ0v) is 16.2. The summed E-state index contributed by atoms with van der Waals surface area (Å²) >= 11 is 1.49. The molecule has 2 heterocycles. The van der Waals surface area contributed by atoms with Crippen LogP contribution in [0.2, 0.25) is 0 Å². The van der Waals surface area contributed by atoms with Crippen LogP contribution in [0.4, 0.5) is 5.13 Å². The van der Waals surface area contributed by atoms with Crippen LogP contribution in [0.5, 0.6) is 0 Å². The molecule has 28 heavy (non-hydrogen) atoms. The quantitative estimate of drug-likeness (QED) is 0.483. The number of nitrogens with one attached hydrogen (secondary N) is 1. The largest absolute Gasteiger partial charge is 0.356 e. The molecule has 0 saturated heterocycles. The number of anilines is 1. The van der Waals surface area contributed by atoms with Crippen LogP contribution in [0.3, 0.4) is 0 Å². The van der Waals surface area contributed by atoms with Crippen LogP contribution in [0, 0.1) is 6.92 Å². The number of thiazole rings is 1. The molecule has 2 aromatic carbocycles. The van der Waals surface area contributed by atoms with Crippen molar-refractivity contribution in [2.24, 2.45) is 0 Å². The fourth-order valence-corrected chi connectivity index (χ4v) is 3.86. The molecular formula is C22H19N3O2S. The third-order valence-corrected chi connectivity index (χ3v) is 5.28. The third-order valence-electron chi connectivity index (χ3n) is 4.39. The third kappa shape index (κ3) is 4.02. The zero-order chi connectivity index (χ0) is 19.3. The Morgan fingerprint density at radius 2 is 1.71 bits per heavy atom. The molecule has 1 N–H and O–H groups in total. The standard InChI is InChI=1S/C22H19N3O2S/c1-15-20(16-8-4-2-5-9-16)25-22(28-15)24-19(26)13-12-18-14-23-27-21(18)17-10-6-3-7-11-17/h2-11,14H,12-13H2,1H3,(H,24,25,26). The second kappa shape index (κ2) is 8.19. The van der Waals surface area contributed by atoms with Gasteiger partial charge in [-0.2, -0.15) is 0 Å². The van der Waals surface area contributed by atoms with Gasteiger partial charge in [-0.3, -0.25) is 4.79 Å². The summed E-state index contributed by atoms with van der Waals surface area (Å²) in [6.45, 7) is 2.01. The number of hydrogen-bond acceptors (Lipinski definition) is 5. The topological polar surface area (TPSA) is 68.0 Å². The molecule has 0 bridgehead atoms. The van der Waals surface area contributed by atoms with Gasteiger partial charge < -0.3 is 9.84 Å². The Morgan fingerprint density at radius 3 is 2.43 bits per heavy atom. The van der Waals surface area contributed by atoms with Gasteiger partial charge in [-0.05, 0) is 13.3 Å². The smallest absolute Gasteiger partial charge is 0.226 e. The van der Waals surface area contributed by atoms with Crippen molar-refractivity contribution in [3.05, 3.63) is 77.3 Å². The maximum Gasteiger partial charge on any atom is 0.226 e. The van der Waals surface area contributed by atoms with Gasteiger partial charge in [0.05, 0.1) is 11.9 Å². The second-order valence-electron chi connectivity index (χ2n) is 6.38. The summed E-state index contributed by atoms with van der Waals surface area (Å²) in [6.07, 6.45) is 2.56. The number of aryl methyl sites for hydroxylation is 2. The Labute approximate surface area is 167 Å². The lowest BCUT2D eigenvalue weighted by Gasteiger charge is -2.02. The number of amides is 1. The normalized spacial score (nSPS) is 10.8. The number of carbonyl (C=O) groups is 1. The molecule has 0 fully saturated rings. The van der Waals surface area contributed by atoms with Crippen LogP contribution in [-0.2, 0) is 11.2 Å². The monoisotopic (exact) mass is 389 g/mol. The summed E-state index contributed by atoms with van der Waals surface area (Å²) in [7, 11) is 0. The fourth-order valence-electron chi connectivity index (χ4n) is 3.01. The number of benzene rings is 2. The first-order chi connectivity index (χ1) is 13.7. The first kappa shape index (κ1) is 18.1. The minimum Gasteiger partial charge on any atom is -0.356 e. The molecule has 0 aliphatic rings. The van der Waals surface area contributed by atoms with E-state index in [-0.39, 0.29) is 5.91 Å². The minimum absolute atomic E-state index is 0.0754. The van der Waals surface area contributed by atoms with Gasteiger partial charge in [-0.25, -0.2) is 4.98 Å². The van der Waals surface area contributed by atoms with E-state index >= 15 is 0 Å². The van der Waals surface area contributed by atoms with Crippen LogP contribution in [0.15, 0.2) is 71.4 Å². The summed E-state index contributed by atoms with van der Waals surface area (Å²) in [5.41, 5.74) is 3.83. The van der Waals surface area contributed by atoms with E-state index in [1.54, 1.807) is 6.20 Å². The Hall–Kier alpha value is -3.25. The molecule has 2 aromatic heterocycles. The summed E-state index contributed by atoms with van der Waals surface area (Å²) in [5.74, 6) is 0.637. The molecule has 1 amide bonds. The number of nitrogens with zero attached hydrogens (tertiary/aromatic N) is 2. The number of hydrogen-bond donors (Lipinski definition) is 1. The highest BCUT2D eigenvalue weighted by Crippen LogP contribution is 2.30. The van der Waals surface area contributed by atoms with Gasteiger partial charge in [0.1, 0.15) is 0 Å². The summed E-state index contributed by atoms with van der Waals surface area (Å²) in [6, 6.07) is 19.8. The van der Waals surface area contributed by atoms with Crippen LogP contribution in [0.1, 0.15) is 16.9 Å². The Bertz CT molecular complexity index is 1070. The van der Waals surface area contributed by atoms with Gasteiger partial charge in [0.15, 0.2) is 10.9 Å². The molecule has 0 aliphatic carbocycles. The van der Waals surface area contributed by atoms with Crippen molar-refractivity contribution in [3.8, 4) is 22.6 Å². The number of aromatic nitrogens is 2. The minimum atomic E-state index is -0.0754. The van der Waals surface area contributed by atoms with E-state index in [0.29, 0.717) is 23.7 Å². The van der Waals surface area contributed by atoms with E-state index in [9.17, 15) is 4.79 Å². The lowest BCUT2D eigenvalue weighted by atomic mass is 10.1. The van der Waals surface area contributed by atoms with Crippen molar-refractivity contribution in [2.75, 3.05) is 5.32 Å². The molecule has 4 rings (SSSR count). The molecule has 5 nitrogen and oxygen atoms in total. The van der Waals surface area contributed by atoms with E-state index in [2.05, 4.69) is 15.5 Å². The summed E-state index contributed by atoms with van der Waals surface area (Å²) in [5, 5.41) is 7.42. The fraction of sp³-hybridized carbons (Fsp3) is 0.136. The molecule has 6 heteroatoms. The second-order valence-corrected chi connectivity index (χ2v) is 7.59. The van der Waals surface area contributed by atoms with Crippen molar-refractivity contribution in [2.45, 2.75) is 19.8 Å². The number of rotatable bonds is 6. The van der Waals surface area contributed by atoms with Gasteiger partial charge in [0.25, 0.3) is 0 Å². The molecule has 0 unspecified atom stereocenters. The van der Waals surface area contributed by atoms with Gasteiger partial charge in [-0.15, -0.1) is 11.3 Å². The van der Waals surface area contributed by atoms with E-state index in [1.165, 1.54) is 11.3 Å². The molecular weight excluding hydrogens is 370 g/mol. The molecule has 0 saturated carbocycles. The molecule has 0 atom stereocenters. The van der Waals surface area contributed by atoms with E-state index in [1.807, 2.05) is 67.6 Å². The van der Waals surface area contributed by atoms with Gasteiger partial charge in [0, 0.05) is 28.0 Å². The average Bonchev–Trinajstić information content (AvgIpc) is 3.34. The predicted octanol–water partition coefficient (Wildman–Crippen LogP) is 5.34. The molecule has 140 valence electrons. The first-order valence-corrected chi connectivity index (χ1v) is 9.84. The molecule has 0 spiro atoms. The SMILES string of the molecule is Cc1sc(NC(=O)CCc2cnoc2-c2ccccc2)nc1-c1ccccc1. The van der Waals surface area contributed by atoms with Crippen molar-refractivity contribution in [3.63, 3.8) is 0 Å². The lowest BCUT2D eigenvalue weighted by molar-refractivity contribution is -0.116. The highest BCUT2D eigenvalue weighted by Gasteiger charge is 2.14. The highest BCUT2D eigenvalue weighted by molar-refractivity contribution is 7.16. The summed E-state index contributed by atoms with van der Waals surface area (Å²) in [4.78, 5) is 18.1. The molecule has 0 aliphatic heterocycles. The number of carbonyl (C=O) groups excluding carboxylic acids is 1. The first-order valence-electron chi connectivity index (χ1n) is 9.02. The molecule has 4 aromatic rings. The van der Waals surface area contributed by atoms with Crippen LogP contribution in [-0.4, -0.2) is 16.0 Å². The van der Waals surface area contributed by atoms with Crippen molar-refractivity contribution in [1.29, 1.82) is 0 Å². The Balaban J connectivity index is 1.41. The van der Waals surface area contributed by atoms with Crippen LogP contribution in [0.25, 0.3) is 22.6 Å². The highest BCUT2D eigenvalue weighted by atomic mass is 32.1. The lowest BCUT2D eigenvalue weighted by Crippen LogP contribution is -2.12. The molecule has 0 radical (unpaired) electrons. The zero-order valence-electron chi connectivity index (χ0n) is 15.4. The van der Waals surface area contributed by atoms with Crippen LogP contribution >= 0.6 is 11.3 Å². The summed E-state index contributed by atoms with van der Waals surface area (Å²) < 4.78 is 5.38. The van der Waals surface area contributed by atoms with Crippen molar-refractivity contribution < 1.29 is 9.32 Å². The predicted molar refractivity (Wildman–Crippen MR) is 111 cm³/mol.